The van der Waals surface area contributed by atoms with Crippen molar-refractivity contribution < 1.29 is 14.3 Å². The van der Waals surface area contributed by atoms with Gasteiger partial charge in [-0.2, -0.15) is 0 Å². The van der Waals surface area contributed by atoms with E-state index in [1.54, 1.807) is 16.2 Å². The van der Waals surface area contributed by atoms with E-state index >= 15 is 0 Å². The summed E-state index contributed by atoms with van der Waals surface area (Å²) in [4.78, 5) is 26.9. The first-order chi connectivity index (χ1) is 10.2. The number of carbonyl (C=O) groups excluding carboxylic acids is 2. The Bertz CT molecular complexity index is 564. The molecule has 0 saturated carbocycles. The van der Waals surface area contributed by atoms with Crippen LogP contribution in [0.4, 0.5) is 0 Å². The molecule has 5 heteroatoms. The molecule has 0 N–H and O–H groups in total. The van der Waals surface area contributed by atoms with Gasteiger partial charge in [0.15, 0.2) is 0 Å². The molecule has 1 amide bonds. The zero-order chi connectivity index (χ0) is 14.8. The van der Waals surface area contributed by atoms with Gasteiger partial charge >= 0.3 is 5.97 Å². The van der Waals surface area contributed by atoms with E-state index in [1.807, 2.05) is 30.6 Å². The number of carbonyl (C=O) groups is 2. The van der Waals surface area contributed by atoms with Gasteiger partial charge in [0, 0.05) is 29.8 Å². The van der Waals surface area contributed by atoms with Crippen LogP contribution in [0.2, 0.25) is 0 Å². The molecule has 1 saturated heterocycles. The van der Waals surface area contributed by atoms with Crippen LogP contribution in [-0.2, 0) is 14.3 Å². The zero-order valence-electron chi connectivity index (χ0n) is 12.1. The summed E-state index contributed by atoms with van der Waals surface area (Å²) in [6.07, 6.45) is 5.23. The van der Waals surface area contributed by atoms with Gasteiger partial charge in [-0.1, -0.05) is 12.1 Å². The number of thiophene rings is 1. The van der Waals surface area contributed by atoms with Crippen LogP contribution < -0.4 is 0 Å². The van der Waals surface area contributed by atoms with E-state index in [4.69, 9.17) is 4.74 Å². The molecule has 1 aromatic rings. The van der Waals surface area contributed by atoms with Crippen molar-refractivity contribution in [3.8, 4) is 0 Å². The molecular formula is C16H19NO3S. The van der Waals surface area contributed by atoms with E-state index in [0.717, 1.165) is 29.7 Å². The summed E-state index contributed by atoms with van der Waals surface area (Å²) < 4.78 is 5.45. The maximum absolute atomic E-state index is 12.0. The number of allylic oxidation sites excluding steroid dienone is 1. The van der Waals surface area contributed by atoms with Gasteiger partial charge in [0.25, 0.3) is 0 Å². The summed E-state index contributed by atoms with van der Waals surface area (Å²) in [7, 11) is 1.83. The number of likely N-dealkylation sites (tertiary alicyclic amines) is 1. The molecule has 21 heavy (non-hydrogen) atoms. The summed E-state index contributed by atoms with van der Waals surface area (Å²) in [6, 6.07) is 4.06. The Kier molecular flexibility index (Phi) is 4.10. The number of nitrogens with zero attached hydrogens (tertiary/aromatic N) is 1. The van der Waals surface area contributed by atoms with Crippen molar-refractivity contribution in [1.82, 2.24) is 4.90 Å². The first kappa shape index (κ1) is 14.3. The largest absolute Gasteiger partial charge is 0.462 e. The summed E-state index contributed by atoms with van der Waals surface area (Å²) in [5.41, 5.74) is 0.792. The number of hydrogen-bond donors (Lipinski definition) is 0. The highest BCUT2D eigenvalue weighted by Crippen LogP contribution is 2.39. The van der Waals surface area contributed by atoms with Crippen molar-refractivity contribution >= 4 is 23.2 Å². The van der Waals surface area contributed by atoms with Crippen molar-refractivity contribution in [1.29, 1.82) is 0 Å². The molecule has 4 nitrogen and oxygen atoms in total. The van der Waals surface area contributed by atoms with Crippen molar-refractivity contribution in [2.45, 2.75) is 31.7 Å². The van der Waals surface area contributed by atoms with E-state index in [1.165, 1.54) is 0 Å². The van der Waals surface area contributed by atoms with E-state index in [9.17, 15) is 9.59 Å². The Morgan fingerprint density at radius 1 is 1.52 bits per heavy atom. The molecule has 1 fully saturated rings. The second-order valence-electron chi connectivity index (χ2n) is 5.65. The van der Waals surface area contributed by atoms with Crippen molar-refractivity contribution in [2.75, 3.05) is 13.7 Å². The van der Waals surface area contributed by atoms with Crippen LogP contribution in [0.1, 0.15) is 36.6 Å². The predicted octanol–water partition coefficient (Wildman–Crippen LogP) is 2.92. The highest BCUT2D eigenvalue weighted by molar-refractivity contribution is 7.10. The summed E-state index contributed by atoms with van der Waals surface area (Å²) in [6.45, 7) is 0.314. The molecule has 0 bridgehead atoms. The second kappa shape index (κ2) is 6.02. The minimum atomic E-state index is -0.209. The maximum atomic E-state index is 12.0. The second-order valence-corrected chi connectivity index (χ2v) is 6.63. The number of rotatable bonds is 4. The molecule has 1 aliphatic carbocycles. The molecule has 0 radical (unpaired) electrons. The standard InChI is InChI=1S/C16H19NO3S/c1-17-14(18)9-12(15(17)13-7-4-8-21-13)10-20-16(19)11-5-2-3-6-11/h4-5,7-8,12,15H,2-3,6,9-10H2,1H3/t12-,15+/m1/s1. The van der Waals surface area contributed by atoms with Gasteiger partial charge < -0.3 is 9.64 Å². The van der Waals surface area contributed by atoms with Crippen LogP contribution in [0.15, 0.2) is 29.2 Å². The van der Waals surface area contributed by atoms with Gasteiger partial charge in [-0.05, 0) is 30.7 Å². The lowest BCUT2D eigenvalue weighted by atomic mass is 10.00. The van der Waals surface area contributed by atoms with Gasteiger partial charge in [-0.3, -0.25) is 4.79 Å². The molecule has 0 spiro atoms. The molecule has 2 heterocycles. The molecule has 2 atom stereocenters. The number of ether oxygens (including phenoxy) is 1. The molecule has 2 aliphatic rings. The van der Waals surface area contributed by atoms with E-state index in [0.29, 0.717) is 13.0 Å². The van der Waals surface area contributed by atoms with Crippen LogP contribution in [0.5, 0.6) is 0 Å². The number of hydrogen-bond acceptors (Lipinski definition) is 4. The van der Waals surface area contributed by atoms with Crippen molar-refractivity contribution in [2.24, 2.45) is 5.92 Å². The van der Waals surface area contributed by atoms with Crippen molar-refractivity contribution in [3.05, 3.63) is 34.0 Å². The van der Waals surface area contributed by atoms with Gasteiger partial charge in [0.2, 0.25) is 5.91 Å². The third kappa shape index (κ3) is 2.88. The SMILES string of the molecule is CN1C(=O)C[C@H](COC(=O)C2=CCCC2)[C@H]1c1cccs1. The van der Waals surface area contributed by atoms with Crippen LogP contribution >= 0.6 is 11.3 Å². The van der Waals surface area contributed by atoms with Crippen LogP contribution in [0, 0.1) is 5.92 Å². The molecular weight excluding hydrogens is 286 g/mol. The van der Waals surface area contributed by atoms with Crippen LogP contribution in [-0.4, -0.2) is 30.4 Å². The average Bonchev–Trinajstić information content (AvgIpc) is 3.19. The third-order valence-corrected chi connectivity index (χ3v) is 5.20. The van der Waals surface area contributed by atoms with Gasteiger partial charge in [0.1, 0.15) is 0 Å². The Labute approximate surface area is 128 Å². The smallest absolute Gasteiger partial charge is 0.333 e. The molecule has 112 valence electrons. The van der Waals surface area contributed by atoms with Gasteiger partial charge in [-0.25, -0.2) is 4.79 Å². The molecule has 1 aliphatic heterocycles. The lowest BCUT2D eigenvalue weighted by Crippen LogP contribution is -2.25. The lowest BCUT2D eigenvalue weighted by Gasteiger charge is -2.23. The van der Waals surface area contributed by atoms with Gasteiger partial charge in [0.05, 0.1) is 12.6 Å². The average molecular weight is 305 g/mol. The predicted molar refractivity (Wildman–Crippen MR) is 80.8 cm³/mol. The van der Waals surface area contributed by atoms with E-state index in [-0.39, 0.29) is 23.8 Å². The van der Waals surface area contributed by atoms with Crippen LogP contribution in [0.25, 0.3) is 0 Å². The fourth-order valence-electron chi connectivity index (χ4n) is 3.12. The fourth-order valence-corrected chi connectivity index (χ4v) is 4.08. The summed E-state index contributed by atoms with van der Waals surface area (Å²) >= 11 is 1.64. The minimum Gasteiger partial charge on any atom is -0.462 e. The molecule has 1 aromatic heterocycles. The van der Waals surface area contributed by atoms with E-state index in [2.05, 4.69) is 0 Å². The summed E-state index contributed by atoms with van der Waals surface area (Å²) in [5.74, 6) is -0.0407. The van der Waals surface area contributed by atoms with Crippen molar-refractivity contribution in [3.63, 3.8) is 0 Å². The molecule has 0 unspecified atom stereocenters. The zero-order valence-corrected chi connectivity index (χ0v) is 12.9. The first-order valence-corrected chi connectivity index (χ1v) is 8.20. The monoisotopic (exact) mass is 305 g/mol. The van der Waals surface area contributed by atoms with E-state index < -0.39 is 0 Å². The Balaban J connectivity index is 1.66. The number of esters is 1. The Morgan fingerprint density at radius 3 is 3.05 bits per heavy atom. The lowest BCUT2D eigenvalue weighted by molar-refractivity contribution is -0.140. The highest BCUT2D eigenvalue weighted by Gasteiger charge is 2.39. The normalized spacial score (nSPS) is 25.3. The first-order valence-electron chi connectivity index (χ1n) is 7.32. The maximum Gasteiger partial charge on any atom is 0.333 e. The molecule has 3 rings (SSSR count). The Morgan fingerprint density at radius 2 is 2.38 bits per heavy atom. The fraction of sp³-hybridized carbons (Fsp3) is 0.500. The quantitative estimate of drug-likeness (QED) is 0.804. The highest BCUT2D eigenvalue weighted by atomic mass is 32.1. The summed E-state index contributed by atoms with van der Waals surface area (Å²) in [5, 5.41) is 2.01. The van der Waals surface area contributed by atoms with Crippen LogP contribution in [0.3, 0.4) is 0 Å². The third-order valence-electron chi connectivity index (χ3n) is 4.26. The topological polar surface area (TPSA) is 46.6 Å². The Hall–Kier alpha value is -1.62. The minimum absolute atomic E-state index is 0.0304. The van der Waals surface area contributed by atoms with Gasteiger partial charge in [-0.15, -0.1) is 11.3 Å². The molecule has 0 aromatic carbocycles. The number of amides is 1.